The topological polar surface area (TPSA) is 125 Å². The van der Waals surface area contributed by atoms with Gasteiger partial charge in [-0.25, -0.2) is 4.98 Å². The van der Waals surface area contributed by atoms with E-state index in [2.05, 4.69) is 46.0 Å². The molecule has 0 unspecified atom stereocenters. The molecule has 0 saturated carbocycles. The van der Waals surface area contributed by atoms with Crippen LogP contribution in [-0.2, 0) is 0 Å². The van der Waals surface area contributed by atoms with Crippen molar-refractivity contribution >= 4 is 0 Å². The van der Waals surface area contributed by atoms with Crippen LogP contribution in [0.15, 0.2) is 12.5 Å². The number of nitrogens with zero attached hydrogens (tertiary/aromatic N) is 6. The van der Waals surface area contributed by atoms with Crippen molar-refractivity contribution in [1.82, 2.24) is 46.0 Å². The summed E-state index contributed by atoms with van der Waals surface area (Å²) in [5, 5.41) is 27.0. The number of aromatic nitrogens is 9. The van der Waals surface area contributed by atoms with Gasteiger partial charge < -0.3 is 0 Å². The molecule has 0 aliphatic rings. The molecular formula is C6H5N9. The molecule has 0 aliphatic carbocycles. The molecule has 0 spiro atoms. The first-order valence-electron chi connectivity index (χ1n) is 4.08. The maximum Gasteiger partial charge on any atom is 0.178 e. The minimum atomic E-state index is 0.529. The average molecular weight is 203 g/mol. The molecule has 3 aromatic rings. The Morgan fingerprint density at radius 1 is 0.933 bits per heavy atom. The lowest BCUT2D eigenvalue weighted by atomic mass is 10.2. The van der Waals surface area contributed by atoms with Gasteiger partial charge in [-0.3, -0.25) is 5.10 Å². The lowest BCUT2D eigenvalue weighted by Crippen LogP contribution is -1.86. The molecule has 0 aromatic carbocycles. The fourth-order valence-electron chi connectivity index (χ4n) is 1.21. The molecule has 0 atom stereocenters. The van der Waals surface area contributed by atoms with Crippen LogP contribution in [0.5, 0.6) is 0 Å². The van der Waals surface area contributed by atoms with Gasteiger partial charge in [0.25, 0.3) is 0 Å². The number of hydrogen-bond acceptors (Lipinski definition) is 6. The lowest BCUT2D eigenvalue weighted by Gasteiger charge is -1.90. The highest BCUT2D eigenvalue weighted by Crippen LogP contribution is 2.22. The molecule has 0 amide bonds. The van der Waals surface area contributed by atoms with E-state index in [9.17, 15) is 0 Å². The molecule has 0 radical (unpaired) electrons. The van der Waals surface area contributed by atoms with Gasteiger partial charge in [-0.05, 0) is 0 Å². The quantitative estimate of drug-likeness (QED) is 0.509. The van der Waals surface area contributed by atoms with Crippen molar-refractivity contribution in [3.63, 3.8) is 0 Å². The third-order valence-corrected chi connectivity index (χ3v) is 1.84. The van der Waals surface area contributed by atoms with Crippen LogP contribution in [0.1, 0.15) is 0 Å². The third-order valence-electron chi connectivity index (χ3n) is 1.84. The Kier molecular flexibility index (Phi) is 1.54. The summed E-state index contributed by atoms with van der Waals surface area (Å²) in [6, 6.07) is 0. The number of rotatable bonds is 2. The monoisotopic (exact) mass is 203 g/mol. The highest BCUT2D eigenvalue weighted by Gasteiger charge is 2.16. The van der Waals surface area contributed by atoms with Crippen LogP contribution in [0, 0.1) is 0 Å². The van der Waals surface area contributed by atoms with E-state index in [-0.39, 0.29) is 0 Å². The molecule has 74 valence electrons. The first kappa shape index (κ1) is 7.79. The second-order valence-corrected chi connectivity index (χ2v) is 2.71. The lowest BCUT2D eigenvalue weighted by molar-refractivity contribution is 0.929. The Morgan fingerprint density at radius 2 is 1.87 bits per heavy atom. The number of hydrogen-bond donors (Lipinski definition) is 3. The van der Waals surface area contributed by atoms with E-state index < -0.39 is 0 Å². The molecule has 9 heteroatoms. The third kappa shape index (κ3) is 1.17. The Morgan fingerprint density at radius 3 is 2.60 bits per heavy atom. The van der Waals surface area contributed by atoms with Gasteiger partial charge in [0.05, 0.1) is 6.20 Å². The van der Waals surface area contributed by atoms with E-state index in [0.717, 1.165) is 0 Å². The Hall–Kier alpha value is -2.58. The van der Waals surface area contributed by atoms with Crippen molar-refractivity contribution in [2.24, 2.45) is 0 Å². The van der Waals surface area contributed by atoms with Gasteiger partial charge in [-0.15, -0.1) is 0 Å². The fourth-order valence-corrected chi connectivity index (χ4v) is 1.21. The summed E-state index contributed by atoms with van der Waals surface area (Å²) in [6.45, 7) is 0. The van der Waals surface area contributed by atoms with E-state index in [1.54, 1.807) is 6.20 Å². The minimum Gasteiger partial charge on any atom is -0.258 e. The molecule has 0 bridgehead atoms. The zero-order chi connectivity index (χ0) is 10.1. The Balaban J connectivity index is 2.15. The van der Waals surface area contributed by atoms with Crippen LogP contribution >= 0.6 is 0 Å². The zero-order valence-corrected chi connectivity index (χ0v) is 7.34. The van der Waals surface area contributed by atoms with E-state index in [1.807, 2.05) is 0 Å². The number of nitrogens with one attached hydrogen (secondary N) is 3. The van der Waals surface area contributed by atoms with Crippen molar-refractivity contribution in [3.05, 3.63) is 12.5 Å². The van der Waals surface area contributed by atoms with Gasteiger partial charge >= 0.3 is 0 Å². The minimum absolute atomic E-state index is 0.529. The van der Waals surface area contributed by atoms with Crippen LogP contribution in [0.4, 0.5) is 0 Å². The Labute approximate surface area is 82.3 Å². The van der Waals surface area contributed by atoms with E-state index in [1.165, 1.54) is 6.33 Å². The number of H-pyrrole nitrogens is 3. The van der Waals surface area contributed by atoms with Gasteiger partial charge in [0.1, 0.15) is 17.7 Å². The zero-order valence-electron chi connectivity index (χ0n) is 7.34. The Bertz CT molecular complexity index is 484. The predicted molar refractivity (Wildman–Crippen MR) is 47.1 cm³/mol. The average Bonchev–Trinajstić information content (AvgIpc) is 3.01. The van der Waals surface area contributed by atoms with Crippen LogP contribution in [0.25, 0.3) is 22.9 Å². The van der Waals surface area contributed by atoms with Crippen LogP contribution in [0.2, 0.25) is 0 Å². The van der Waals surface area contributed by atoms with Crippen molar-refractivity contribution in [3.8, 4) is 22.9 Å². The second-order valence-electron chi connectivity index (χ2n) is 2.71. The smallest absolute Gasteiger partial charge is 0.178 e. The predicted octanol–water partition coefficient (Wildman–Crippen LogP) is -0.625. The normalized spacial score (nSPS) is 10.7. The van der Waals surface area contributed by atoms with Gasteiger partial charge in [0.15, 0.2) is 11.5 Å². The maximum atomic E-state index is 3.98. The summed E-state index contributed by atoms with van der Waals surface area (Å²) in [7, 11) is 0. The van der Waals surface area contributed by atoms with E-state index >= 15 is 0 Å². The van der Waals surface area contributed by atoms with E-state index in [4.69, 9.17) is 0 Å². The summed E-state index contributed by atoms with van der Waals surface area (Å²) in [4.78, 5) is 3.98. The SMILES string of the molecule is c1n[nH]c(-c2n[nH]nc2-c2cn[nH]n2)n1. The standard InChI is InChI=1S/C6H5N9/c1-3(10-14-8-1)4-5(12-15-11-4)6-7-2-9-13-6/h1-2H,(H,7,9,13)(H,8,10,14)(H,11,12,15). The molecule has 9 nitrogen and oxygen atoms in total. The summed E-state index contributed by atoms with van der Waals surface area (Å²) >= 11 is 0. The van der Waals surface area contributed by atoms with Crippen molar-refractivity contribution in [2.45, 2.75) is 0 Å². The molecule has 3 N–H and O–H groups in total. The molecule has 0 saturated heterocycles. The van der Waals surface area contributed by atoms with Crippen LogP contribution < -0.4 is 0 Å². The molecule has 0 aliphatic heterocycles. The highest BCUT2D eigenvalue weighted by atomic mass is 15.4. The first-order chi connectivity index (χ1) is 7.45. The van der Waals surface area contributed by atoms with Crippen LogP contribution in [-0.4, -0.2) is 46.0 Å². The van der Waals surface area contributed by atoms with Crippen molar-refractivity contribution in [2.75, 3.05) is 0 Å². The van der Waals surface area contributed by atoms with Gasteiger partial charge in [0, 0.05) is 0 Å². The summed E-state index contributed by atoms with van der Waals surface area (Å²) in [5.74, 6) is 0.529. The second kappa shape index (κ2) is 2.97. The molecule has 3 heterocycles. The van der Waals surface area contributed by atoms with Gasteiger partial charge in [-0.1, -0.05) is 0 Å². The van der Waals surface area contributed by atoms with E-state index in [0.29, 0.717) is 22.9 Å². The largest absolute Gasteiger partial charge is 0.258 e. The highest BCUT2D eigenvalue weighted by molar-refractivity contribution is 5.70. The summed E-state index contributed by atoms with van der Waals surface area (Å²) in [6.07, 6.45) is 2.95. The van der Waals surface area contributed by atoms with Crippen LogP contribution in [0.3, 0.4) is 0 Å². The maximum absolute atomic E-state index is 3.98. The molecule has 15 heavy (non-hydrogen) atoms. The summed E-state index contributed by atoms with van der Waals surface area (Å²) < 4.78 is 0. The molecule has 0 fully saturated rings. The first-order valence-corrected chi connectivity index (χ1v) is 4.08. The fraction of sp³-hybridized carbons (Fsp3) is 0. The molecule has 3 aromatic heterocycles. The van der Waals surface area contributed by atoms with Gasteiger partial charge in [0.2, 0.25) is 0 Å². The molecular weight excluding hydrogens is 198 g/mol. The van der Waals surface area contributed by atoms with Gasteiger partial charge in [-0.2, -0.15) is 35.9 Å². The molecule has 3 rings (SSSR count). The van der Waals surface area contributed by atoms with Crippen molar-refractivity contribution < 1.29 is 0 Å². The number of aromatic amines is 3. The summed E-state index contributed by atoms with van der Waals surface area (Å²) in [5.41, 5.74) is 1.72. The van der Waals surface area contributed by atoms with Crippen molar-refractivity contribution in [1.29, 1.82) is 0 Å².